The lowest BCUT2D eigenvalue weighted by atomic mass is 9.72. The predicted molar refractivity (Wildman–Crippen MR) is 139 cm³/mol. The molecule has 37 heavy (non-hydrogen) atoms. The van der Waals surface area contributed by atoms with E-state index in [1.54, 1.807) is 12.1 Å². The molecular weight excluding hydrogens is 467 g/mol. The topological polar surface area (TPSA) is 109 Å². The van der Waals surface area contributed by atoms with Gasteiger partial charge in [-0.05, 0) is 82.5 Å². The van der Waals surface area contributed by atoms with E-state index in [4.69, 9.17) is 5.11 Å². The van der Waals surface area contributed by atoms with Crippen molar-refractivity contribution in [2.24, 2.45) is 5.92 Å². The van der Waals surface area contributed by atoms with E-state index in [1.807, 2.05) is 48.5 Å². The Bertz CT molecular complexity index is 1520. The number of carbonyl (C=O) groups is 1. The number of rotatable bonds is 6. The molecule has 1 heterocycles. The first kappa shape index (κ1) is 24.0. The number of hydrazine groups is 1. The van der Waals surface area contributed by atoms with Crippen molar-refractivity contribution in [3.8, 4) is 12.1 Å². The van der Waals surface area contributed by atoms with Gasteiger partial charge in [-0.15, -0.1) is 0 Å². The minimum Gasteiger partial charge on any atom is -0.478 e. The lowest BCUT2D eigenvalue weighted by Crippen LogP contribution is -2.16. The number of hydrogen-bond acceptors (Lipinski definition) is 5. The zero-order valence-corrected chi connectivity index (χ0v) is 19.8. The third-order valence-electron chi connectivity index (χ3n) is 6.91. The molecule has 1 atom stereocenters. The van der Waals surface area contributed by atoms with Crippen LogP contribution in [0.4, 0.5) is 10.1 Å². The average molecular weight is 491 g/mol. The van der Waals surface area contributed by atoms with Gasteiger partial charge in [0, 0.05) is 11.6 Å². The Morgan fingerprint density at radius 1 is 1.00 bits per heavy atom. The van der Waals surface area contributed by atoms with Crippen LogP contribution in [0.1, 0.15) is 64.5 Å². The quantitative estimate of drug-likeness (QED) is 0.216. The standard InChI is InChI=1S/C30H23FN4O2/c31-30-25-15-22(10-12-26(25)34-35-30)28(21-8-4-18(5-9-21)7-13-27(36)37)29(20-2-1-3-20)24-11-6-19(16-32)14-23(24)17-33/h4-15,20,30,34-35H,1-3H2,(H,36,37)/b13-7+,29-28+. The number of anilines is 1. The molecule has 2 aliphatic rings. The van der Waals surface area contributed by atoms with E-state index in [9.17, 15) is 19.7 Å². The van der Waals surface area contributed by atoms with Gasteiger partial charge in [0.2, 0.25) is 0 Å². The number of aliphatic carboxylic acids is 1. The first-order chi connectivity index (χ1) is 18.0. The highest BCUT2D eigenvalue weighted by atomic mass is 19.1. The highest BCUT2D eigenvalue weighted by Crippen LogP contribution is 2.46. The van der Waals surface area contributed by atoms with Gasteiger partial charge in [0.05, 0.1) is 29.0 Å². The van der Waals surface area contributed by atoms with Crippen LogP contribution in [0.25, 0.3) is 17.2 Å². The lowest BCUT2D eigenvalue weighted by molar-refractivity contribution is -0.131. The Labute approximate surface area is 214 Å². The van der Waals surface area contributed by atoms with Crippen LogP contribution in [0.3, 0.4) is 0 Å². The number of fused-ring (bicyclic) bond motifs is 1. The molecule has 3 N–H and O–H groups in total. The predicted octanol–water partition coefficient (Wildman–Crippen LogP) is 6.19. The third-order valence-corrected chi connectivity index (χ3v) is 6.91. The summed E-state index contributed by atoms with van der Waals surface area (Å²) in [4.78, 5) is 10.9. The fourth-order valence-electron chi connectivity index (χ4n) is 4.86. The number of hydrogen-bond donors (Lipinski definition) is 3. The number of allylic oxidation sites excluding steroid dienone is 1. The van der Waals surface area contributed by atoms with Crippen molar-refractivity contribution >= 4 is 28.9 Å². The maximum Gasteiger partial charge on any atom is 0.328 e. The van der Waals surface area contributed by atoms with E-state index in [1.165, 1.54) is 6.08 Å². The Hall–Kier alpha value is -4.72. The summed E-state index contributed by atoms with van der Waals surface area (Å²) in [5.74, 6) is -0.824. The molecule has 0 bridgehead atoms. The molecule has 6 nitrogen and oxygen atoms in total. The number of carboxylic acids is 1. The zero-order valence-electron chi connectivity index (χ0n) is 19.8. The van der Waals surface area contributed by atoms with Gasteiger partial charge in [-0.3, -0.25) is 0 Å². The van der Waals surface area contributed by atoms with E-state index in [0.29, 0.717) is 22.4 Å². The van der Waals surface area contributed by atoms with Crippen molar-refractivity contribution in [2.45, 2.75) is 25.6 Å². The number of carboxylic acid groups (broad SMARTS) is 1. The third kappa shape index (κ3) is 4.73. The molecule has 1 aliphatic heterocycles. The van der Waals surface area contributed by atoms with Gasteiger partial charge in [-0.2, -0.15) is 10.5 Å². The van der Waals surface area contributed by atoms with E-state index in [-0.39, 0.29) is 5.92 Å². The molecule has 1 unspecified atom stereocenters. The smallest absolute Gasteiger partial charge is 0.328 e. The molecule has 1 aliphatic carbocycles. The molecule has 3 aromatic rings. The first-order valence-electron chi connectivity index (χ1n) is 12.0. The van der Waals surface area contributed by atoms with E-state index < -0.39 is 12.3 Å². The van der Waals surface area contributed by atoms with Crippen LogP contribution in [-0.4, -0.2) is 11.1 Å². The van der Waals surface area contributed by atoms with Crippen LogP contribution in [0.5, 0.6) is 0 Å². The summed E-state index contributed by atoms with van der Waals surface area (Å²) in [7, 11) is 0. The molecule has 5 rings (SSSR count). The van der Waals surface area contributed by atoms with Gasteiger partial charge in [-0.25, -0.2) is 14.6 Å². The maximum atomic E-state index is 14.6. The Balaban J connectivity index is 1.76. The van der Waals surface area contributed by atoms with Crippen LogP contribution < -0.4 is 10.9 Å². The van der Waals surface area contributed by atoms with Gasteiger partial charge in [-0.1, -0.05) is 42.8 Å². The molecule has 0 saturated heterocycles. The molecule has 7 heteroatoms. The van der Waals surface area contributed by atoms with Crippen LogP contribution in [-0.2, 0) is 4.79 Å². The first-order valence-corrected chi connectivity index (χ1v) is 12.0. The summed E-state index contributed by atoms with van der Waals surface area (Å²) < 4.78 is 14.6. The largest absolute Gasteiger partial charge is 0.478 e. The van der Waals surface area contributed by atoms with Crippen molar-refractivity contribution in [1.29, 1.82) is 10.5 Å². The summed E-state index contributed by atoms with van der Waals surface area (Å²) in [5.41, 5.74) is 12.5. The van der Waals surface area contributed by atoms with Gasteiger partial charge < -0.3 is 10.5 Å². The second kappa shape index (κ2) is 10.1. The molecule has 0 spiro atoms. The van der Waals surface area contributed by atoms with Crippen molar-refractivity contribution < 1.29 is 14.3 Å². The minimum atomic E-state index is -1.35. The minimum absolute atomic E-state index is 0.201. The average Bonchev–Trinajstić information content (AvgIpc) is 3.26. The Morgan fingerprint density at radius 2 is 1.76 bits per heavy atom. The molecule has 3 aromatic carbocycles. The number of nitrogens with zero attached hydrogens (tertiary/aromatic N) is 2. The SMILES string of the molecule is N#Cc1ccc(/C(=C(\c2ccc(/C=C/C(=O)O)cc2)c2ccc3c(c2)C(F)NN3)C2CCC2)c(C#N)c1. The summed E-state index contributed by atoms with van der Waals surface area (Å²) in [5, 5.41) is 28.3. The number of benzene rings is 3. The summed E-state index contributed by atoms with van der Waals surface area (Å²) in [6, 6.07) is 22.7. The molecular formula is C30H23FN4O2. The summed E-state index contributed by atoms with van der Waals surface area (Å²) in [6.07, 6.45) is 4.26. The summed E-state index contributed by atoms with van der Waals surface area (Å²) >= 11 is 0. The fourth-order valence-corrected chi connectivity index (χ4v) is 4.86. The second-order valence-electron chi connectivity index (χ2n) is 9.13. The second-order valence-corrected chi connectivity index (χ2v) is 9.13. The highest BCUT2D eigenvalue weighted by Gasteiger charge is 2.30. The van der Waals surface area contributed by atoms with Crippen molar-refractivity contribution in [1.82, 2.24) is 5.43 Å². The number of halogens is 1. The number of alkyl halides is 1. The Morgan fingerprint density at radius 3 is 2.41 bits per heavy atom. The maximum absolute atomic E-state index is 14.6. The van der Waals surface area contributed by atoms with E-state index in [0.717, 1.165) is 58.7 Å². The van der Waals surface area contributed by atoms with Crippen LogP contribution >= 0.6 is 0 Å². The van der Waals surface area contributed by atoms with Gasteiger partial charge >= 0.3 is 5.97 Å². The van der Waals surface area contributed by atoms with E-state index in [2.05, 4.69) is 23.0 Å². The van der Waals surface area contributed by atoms with Crippen molar-refractivity contribution in [2.75, 3.05) is 5.43 Å². The van der Waals surface area contributed by atoms with Crippen LogP contribution in [0.15, 0.2) is 66.7 Å². The molecule has 0 radical (unpaired) electrons. The summed E-state index contributed by atoms with van der Waals surface area (Å²) in [6.45, 7) is 0. The lowest BCUT2D eigenvalue weighted by Gasteiger charge is -2.32. The molecule has 0 amide bonds. The Kier molecular flexibility index (Phi) is 6.55. The molecule has 1 fully saturated rings. The fraction of sp³-hybridized carbons (Fsp3) is 0.167. The van der Waals surface area contributed by atoms with Crippen LogP contribution in [0.2, 0.25) is 0 Å². The normalized spacial score (nSPS) is 17.2. The van der Waals surface area contributed by atoms with Crippen molar-refractivity contribution in [3.63, 3.8) is 0 Å². The van der Waals surface area contributed by atoms with Gasteiger partial charge in [0.1, 0.15) is 0 Å². The van der Waals surface area contributed by atoms with Crippen molar-refractivity contribution in [3.05, 3.63) is 106 Å². The van der Waals surface area contributed by atoms with Gasteiger partial charge in [0.25, 0.3) is 0 Å². The van der Waals surface area contributed by atoms with Gasteiger partial charge in [0.15, 0.2) is 6.30 Å². The molecule has 182 valence electrons. The zero-order chi connectivity index (χ0) is 25.9. The number of nitrogens with one attached hydrogen (secondary N) is 2. The monoisotopic (exact) mass is 490 g/mol. The highest BCUT2D eigenvalue weighted by molar-refractivity contribution is 6.01. The molecule has 1 saturated carbocycles. The van der Waals surface area contributed by atoms with Crippen LogP contribution in [0, 0.1) is 28.6 Å². The number of nitriles is 2. The van der Waals surface area contributed by atoms with E-state index >= 15 is 0 Å². The molecule has 0 aromatic heterocycles.